The molecule has 2 aromatic rings. The van der Waals surface area contributed by atoms with E-state index in [1.807, 2.05) is 18.2 Å². The van der Waals surface area contributed by atoms with Gasteiger partial charge >= 0.3 is 5.97 Å². The predicted molar refractivity (Wildman–Crippen MR) is 74.2 cm³/mol. The maximum atomic E-state index is 10.8. The molecule has 0 aromatic heterocycles. The van der Waals surface area contributed by atoms with E-state index in [1.165, 1.54) is 17.7 Å². The lowest BCUT2D eigenvalue weighted by atomic mass is 10.1. The summed E-state index contributed by atoms with van der Waals surface area (Å²) < 4.78 is 4.78. The SMILES string of the molecule is O=C1OCc2ccccc21.c1ccc2c(c1)CCN2. The zero-order valence-corrected chi connectivity index (χ0v) is 10.6. The first-order valence-corrected chi connectivity index (χ1v) is 6.41. The first-order chi connectivity index (χ1) is 9.34. The summed E-state index contributed by atoms with van der Waals surface area (Å²) in [5.41, 5.74) is 4.48. The molecule has 0 unspecified atom stereocenters. The minimum Gasteiger partial charge on any atom is -0.457 e. The molecule has 1 N–H and O–H groups in total. The summed E-state index contributed by atoms with van der Waals surface area (Å²) in [5, 5.41) is 3.30. The summed E-state index contributed by atoms with van der Waals surface area (Å²) >= 11 is 0. The summed E-state index contributed by atoms with van der Waals surface area (Å²) in [5.74, 6) is -0.199. The van der Waals surface area contributed by atoms with Gasteiger partial charge in [-0.25, -0.2) is 4.79 Å². The smallest absolute Gasteiger partial charge is 0.338 e. The van der Waals surface area contributed by atoms with Crippen molar-refractivity contribution in [3.05, 3.63) is 65.2 Å². The van der Waals surface area contributed by atoms with Crippen LogP contribution in [0, 0.1) is 0 Å². The molecule has 19 heavy (non-hydrogen) atoms. The lowest BCUT2D eigenvalue weighted by Crippen LogP contribution is -1.91. The number of carbonyl (C=O) groups is 1. The van der Waals surface area contributed by atoms with Crippen LogP contribution in [-0.4, -0.2) is 12.5 Å². The topological polar surface area (TPSA) is 38.3 Å². The number of hydrogen-bond acceptors (Lipinski definition) is 3. The van der Waals surface area contributed by atoms with Crippen molar-refractivity contribution in [1.29, 1.82) is 0 Å². The van der Waals surface area contributed by atoms with Gasteiger partial charge in [-0.05, 0) is 24.1 Å². The Morgan fingerprint density at radius 3 is 2.47 bits per heavy atom. The monoisotopic (exact) mass is 253 g/mol. The van der Waals surface area contributed by atoms with Crippen LogP contribution in [0.5, 0.6) is 0 Å². The third-order valence-corrected chi connectivity index (χ3v) is 3.32. The number of anilines is 1. The average molecular weight is 253 g/mol. The highest BCUT2D eigenvalue weighted by Gasteiger charge is 2.18. The van der Waals surface area contributed by atoms with E-state index in [2.05, 4.69) is 29.6 Å². The van der Waals surface area contributed by atoms with Gasteiger partial charge in [-0.2, -0.15) is 0 Å². The third kappa shape index (κ3) is 2.45. The number of ether oxygens (including phenoxy) is 1. The molecule has 2 aliphatic heterocycles. The molecular weight excluding hydrogens is 238 g/mol. The van der Waals surface area contributed by atoms with E-state index in [0.29, 0.717) is 12.2 Å². The number of fused-ring (bicyclic) bond motifs is 2. The number of hydrogen-bond donors (Lipinski definition) is 1. The molecule has 3 nitrogen and oxygen atoms in total. The Balaban J connectivity index is 0.000000117. The number of cyclic esters (lactones) is 1. The summed E-state index contributed by atoms with van der Waals surface area (Å²) in [6.45, 7) is 1.55. The highest BCUT2D eigenvalue weighted by atomic mass is 16.5. The fourth-order valence-corrected chi connectivity index (χ4v) is 2.31. The lowest BCUT2D eigenvalue weighted by molar-refractivity contribution is 0.0535. The molecule has 0 aliphatic carbocycles. The second-order valence-corrected chi connectivity index (χ2v) is 4.57. The largest absolute Gasteiger partial charge is 0.457 e. The normalized spacial score (nSPS) is 14.6. The Labute approximate surface area is 112 Å². The van der Waals surface area contributed by atoms with Crippen molar-refractivity contribution in [2.45, 2.75) is 13.0 Å². The predicted octanol–water partition coefficient (Wildman–Crippen LogP) is 3.01. The van der Waals surface area contributed by atoms with Gasteiger partial charge in [-0.15, -0.1) is 0 Å². The summed E-state index contributed by atoms with van der Waals surface area (Å²) in [7, 11) is 0. The van der Waals surface area contributed by atoms with Crippen molar-refractivity contribution in [2.75, 3.05) is 11.9 Å². The zero-order valence-electron chi connectivity index (χ0n) is 10.6. The van der Waals surface area contributed by atoms with E-state index in [0.717, 1.165) is 12.1 Å². The van der Waals surface area contributed by atoms with Crippen LogP contribution >= 0.6 is 0 Å². The molecule has 0 saturated heterocycles. The molecule has 0 atom stereocenters. The number of rotatable bonds is 0. The first kappa shape index (κ1) is 11.8. The molecule has 0 radical (unpaired) electrons. The van der Waals surface area contributed by atoms with Crippen molar-refractivity contribution in [2.24, 2.45) is 0 Å². The maximum absolute atomic E-state index is 10.8. The highest BCUT2D eigenvalue weighted by molar-refractivity contribution is 5.93. The molecule has 2 aromatic carbocycles. The molecule has 0 saturated carbocycles. The molecule has 2 aliphatic rings. The van der Waals surface area contributed by atoms with Gasteiger partial charge in [0.2, 0.25) is 0 Å². The van der Waals surface area contributed by atoms with E-state index in [9.17, 15) is 4.79 Å². The molecule has 4 rings (SSSR count). The number of para-hydroxylation sites is 1. The Bertz CT molecular complexity index is 584. The molecule has 0 amide bonds. The van der Waals surface area contributed by atoms with Gasteiger partial charge in [-0.3, -0.25) is 0 Å². The summed E-state index contributed by atoms with van der Waals surface area (Å²) in [6, 6.07) is 15.9. The summed E-state index contributed by atoms with van der Waals surface area (Å²) in [4.78, 5) is 10.8. The number of esters is 1. The quantitative estimate of drug-likeness (QED) is 0.733. The van der Waals surface area contributed by atoms with Gasteiger partial charge in [-0.1, -0.05) is 36.4 Å². The van der Waals surface area contributed by atoms with Crippen LogP contribution in [0.2, 0.25) is 0 Å². The standard InChI is InChI=1S/C8H9N.C8H6O2/c1-2-4-8-7(3-1)5-6-9-8;9-8-7-4-2-1-3-6(7)5-10-8/h1-4,9H,5-6H2;1-4H,5H2. The molecule has 2 heterocycles. The van der Waals surface area contributed by atoms with Crippen LogP contribution in [0.4, 0.5) is 5.69 Å². The Morgan fingerprint density at radius 1 is 0.947 bits per heavy atom. The van der Waals surface area contributed by atoms with Crippen molar-refractivity contribution in [3.8, 4) is 0 Å². The van der Waals surface area contributed by atoms with Gasteiger partial charge < -0.3 is 10.1 Å². The van der Waals surface area contributed by atoms with Crippen LogP contribution in [-0.2, 0) is 17.8 Å². The maximum Gasteiger partial charge on any atom is 0.338 e. The van der Waals surface area contributed by atoms with Crippen molar-refractivity contribution in [1.82, 2.24) is 0 Å². The Hall–Kier alpha value is -2.29. The Kier molecular flexibility index (Phi) is 3.19. The van der Waals surface area contributed by atoms with E-state index in [-0.39, 0.29) is 5.97 Å². The van der Waals surface area contributed by atoms with Gasteiger partial charge in [0.15, 0.2) is 0 Å². The second-order valence-electron chi connectivity index (χ2n) is 4.57. The minimum atomic E-state index is -0.199. The van der Waals surface area contributed by atoms with Crippen LogP contribution < -0.4 is 5.32 Å². The molecule has 3 heteroatoms. The van der Waals surface area contributed by atoms with Gasteiger partial charge in [0, 0.05) is 17.8 Å². The van der Waals surface area contributed by atoms with Gasteiger partial charge in [0.05, 0.1) is 5.56 Å². The third-order valence-electron chi connectivity index (χ3n) is 3.32. The van der Waals surface area contributed by atoms with Crippen LogP contribution in [0.25, 0.3) is 0 Å². The zero-order chi connectivity index (χ0) is 13.1. The molecule has 0 bridgehead atoms. The fourth-order valence-electron chi connectivity index (χ4n) is 2.31. The number of benzene rings is 2. The van der Waals surface area contributed by atoms with Gasteiger partial charge in [0.25, 0.3) is 0 Å². The van der Waals surface area contributed by atoms with E-state index in [4.69, 9.17) is 4.74 Å². The molecule has 0 fully saturated rings. The molecule has 96 valence electrons. The Morgan fingerprint density at radius 2 is 1.68 bits per heavy atom. The van der Waals surface area contributed by atoms with Crippen molar-refractivity contribution in [3.63, 3.8) is 0 Å². The summed E-state index contributed by atoms with van der Waals surface area (Å²) in [6.07, 6.45) is 1.19. The lowest BCUT2D eigenvalue weighted by Gasteiger charge is -1.94. The van der Waals surface area contributed by atoms with Gasteiger partial charge in [0.1, 0.15) is 6.61 Å². The van der Waals surface area contributed by atoms with Crippen molar-refractivity contribution < 1.29 is 9.53 Å². The van der Waals surface area contributed by atoms with Crippen LogP contribution in [0.15, 0.2) is 48.5 Å². The van der Waals surface area contributed by atoms with Crippen molar-refractivity contribution >= 4 is 11.7 Å². The number of nitrogens with one attached hydrogen (secondary N) is 1. The minimum absolute atomic E-state index is 0.199. The number of carbonyl (C=O) groups excluding carboxylic acids is 1. The average Bonchev–Trinajstić information content (AvgIpc) is 3.07. The molecule has 0 spiro atoms. The van der Waals surface area contributed by atoms with Crippen LogP contribution in [0.1, 0.15) is 21.5 Å². The van der Waals surface area contributed by atoms with E-state index in [1.54, 1.807) is 6.07 Å². The second kappa shape index (κ2) is 5.14. The highest BCUT2D eigenvalue weighted by Crippen LogP contribution is 2.20. The van der Waals surface area contributed by atoms with E-state index < -0.39 is 0 Å². The fraction of sp³-hybridized carbons (Fsp3) is 0.188. The molecular formula is C16H15NO2. The first-order valence-electron chi connectivity index (χ1n) is 6.41. The van der Waals surface area contributed by atoms with Crippen LogP contribution in [0.3, 0.4) is 0 Å². The van der Waals surface area contributed by atoms with E-state index >= 15 is 0 Å².